The maximum absolute atomic E-state index is 11.4. The van der Waals surface area contributed by atoms with Crippen LogP contribution in [-0.4, -0.2) is 35.7 Å². The van der Waals surface area contributed by atoms with E-state index in [9.17, 15) is 4.79 Å². The number of thioether (sulfide) groups is 1. The molecule has 0 bridgehead atoms. The molecule has 1 unspecified atom stereocenters. The summed E-state index contributed by atoms with van der Waals surface area (Å²) < 4.78 is 4.71. The molecule has 1 aromatic carbocycles. The number of methoxy groups -OCH3 is 1. The van der Waals surface area contributed by atoms with E-state index in [1.54, 1.807) is 0 Å². The van der Waals surface area contributed by atoms with Crippen LogP contribution in [0.1, 0.15) is 5.56 Å². The minimum absolute atomic E-state index is 0.295. The third-order valence-corrected chi connectivity index (χ3v) is 4.12. The van der Waals surface area contributed by atoms with Crippen LogP contribution in [0.4, 0.5) is 5.69 Å². The van der Waals surface area contributed by atoms with Gasteiger partial charge in [0.15, 0.2) is 11.2 Å². The summed E-state index contributed by atoms with van der Waals surface area (Å²) in [5.41, 5.74) is 7.70. The molecule has 0 fully saturated rings. The lowest BCUT2D eigenvalue weighted by atomic mass is 10.2. The maximum atomic E-state index is 11.4. The molecular weight excluding hydrogens is 262 g/mol. The van der Waals surface area contributed by atoms with E-state index in [2.05, 4.69) is 4.99 Å². The number of esters is 1. The molecule has 19 heavy (non-hydrogen) atoms. The second-order valence-corrected chi connectivity index (χ2v) is 5.29. The van der Waals surface area contributed by atoms with Crippen molar-refractivity contribution in [2.24, 2.45) is 4.99 Å². The van der Waals surface area contributed by atoms with Gasteiger partial charge in [-0.1, -0.05) is 18.2 Å². The van der Waals surface area contributed by atoms with Crippen LogP contribution >= 0.6 is 11.8 Å². The molecule has 5 nitrogen and oxygen atoms in total. The van der Waals surface area contributed by atoms with Gasteiger partial charge in [0.2, 0.25) is 0 Å². The lowest BCUT2D eigenvalue weighted by Crippen LogP contribution is -2.26. The summed E-state index contributed by atoms with van der Waals surface area (Å²) in [5, 5.41) is 0.827. The smallest absolute Gasteiger partial charge is 0.332 e. The summed E-state index contributed by atoms with van der Waals surface area (Å²) in [4.78, 5) is 18.8. The van der Waals surface area contributed by atoms with Gasteiger partial charge >= 0.3 is 5.97 Å². The molecule has 0 amide bonds. The Morgan fingerprint density at radius 2 is 2.32 bits per heavy atom. The van der Waals surface area contributed by atoms with Crippen LogP contribution in [0, 0.1) is 0 Å². The van der Waals surface area contributed by atoms with E-state index in [1.165, 1.54) is 18.9 Å². The molecular formula is C13H13N3O2S. The summed E-state index contributed by atoms with van der Waals surface area (Å²) in [7, 11) is 1.38. The number of aliphatic imine (C=N–C) groups is 1. The number of para-hydroxylation sites is 1. The highest BCUT2D eigenvalue weighted by molar-refractivity contribution is 8.22. The van der Waals surface area contributed by atoms with Crippen molar-refractivity contribution in [3.8, 4) is 0 Å². The van der Waals surface area contributed by atoms with Gasteiger partial charge in [0, 0.05) is 22.4 Å². The van der Waals surface area contributed by atoms with Gasteiger partial charge in [-0.2, -0.15) is 0 Å². The molecule has 0 radical (unpaired) electrons. The number of carbonyl (C=O) groups is 1. The Morgan fingerprint density at radius 3 is 3.00 bits per heavy atom. The summed E-state index contributed by atoms with van der Waals surface area (Å²) in [6.07, 6.45) is 1.98. The number of amidine groups is 1. The number of anilines is 1. The summed E-state index contributed by atoms with van der Waals surface area (Å²) in [6, 6.07) is 7.30. The number of fused-ring (bicyclic) bond motifs is 1. The molecule has 1 atom stereocenters. The highest BCUT2D eigenvalue weighted by atomic mass is 32.2. The minimum atomic E-state index is -0.418. The molecule has 2 aliphatic rings. The number of nitrogens with two attached hydrogens (primary N) is 1. The molecule has 3 rings (SSSR count). The average Bonchev–Trinajstić information content (AvgIpc) is 2.96. The van der Waals surface area contributed by atoms with Crippen LogP contribution < -0.4 is 5.73 Å². The van der Waals surface area contributed by atoms with Crippen molar-refractivity contribution in [2.75, 3.05) is 19.4 Å². The largest absolute Gasteiger partial charge is 0.467 e. The van der Waals surface area contributed by atoms with E-state index in [-0.39, 0.29) is 5.97 Å². The van der Waals surface area contributed by atoms with E-state index in [1.807, 2.05) is 35.4 Å². The number of nitrogens with zero attached hydrogens (tertiary/aromatic N) is 2. The molecule has 2 heterocycles. The Labute approximate surface area is 115 Å². The van der Waals surface area contributed by atoms with Crippen LogP contribution in [0.5, 0.6) is 0 Å². The van der Waals surface area contributed by atoms with E-state index < -0.39 is 6.04 Å². The second-order valence-electron chi connectivity index (χ2n) is 4.29. The van der Waals surface area contributed by atoms with Gasteiger partial charge in [-0.05, 0) is 17.8 Å². The fourth-order valence-electron chi connectivity index (χ4n) is 2.08. The lowest BCUT2D eigenvalue weighted by molar-refractivity contribution is -0.141. The third kappa shape index (κ3) is 2.08. The summed E-state index contributed by atoms with van der Waals surface area (Å²) >= 11 is 1.53. The zero-order valence-electron chi connectivity index (χ0n) is 10.4. The molecule has 6 heteroatoms. The van der Waals surface area contributed by atoms with Gasteiger partial charge < -0.3 is 15.4 Å². The van der Waals surface area contributed by atoms with E-state index in [4.69, 9.17) is 10.5 Å². The van der Waals surface area contributed by atoms with Gasteiger partial charge in [-0.15, -0.1) is 0 Å². The Morgan fingerprint density at radius 1 is 1.53 bits per heavy atom. The van der Waals surface area contributed by atoms with E-state index >= 15 is 0 Å². The van der Waals surface area contributed by atoms with Crippen LogP contribution in [0.3, 0.4) is 0 Å². The molecule has 1 aromatic rings. The van der Waals surface area contributed by atoms with Crippen LogP contribution in [-0.2, 0) is 9.53 Å². The standard InChI is InChI=1S/C13H13N3O2S/c1-18-12(17)10-6-16-7-11(19-13(16)15-10)8-4-2-3-5-9(8)14/h2-5,7,10H,6,14H2,1H3. The Kier molecular flexibility index (Phi) is 2.94. The average molecular weight is 275 g/mol. The van der Waals surface area contributed by atoms with Crippen LogP contribution in [0.2, 0.25) is 0 Å². The zero-order chi connectivity index (χ0) is 13.4. The van der Waals surface area contributed by atoms with Crippen molar-refractivity contribution >= 4 is 33.5 Å². The molecule has 98 valence electrons. The van der Waals surface area contributed by atoms with Gasteiger partial charge in [-0.25, -0.2) is 9.79 Å². The number of hydrogen-bond acceptors (Lipinski definition) is 6. The molecule has 0 saturated carbocycles. The maximum Gasteiger partial charge on any atom is 0.332 e. The predicted octanol–water partition coefficient (Wildman–Crippen LogP) is 1.53. The normalized spacial score (nSPS) is 20.9. The number of carbonyl (C=O) groups excluding carboxylic acids is 1. The number of hydrogen-bond donors (Lipinski definition) is 1. The van der Waals surface area contributed by atoms with Crippen molar-refractivity contribution in [3.05, 3.63) is 36.0 Å². The van der Waals surface area contributed by atoms with E-state index in [0.717, 1.165) is 21.3 Å². The van der Waals surface area contributed by atoms with Gasteiger partial charge in [0.05, 0.1) is 13.7 Å². The monoisotopic (exact) mass is 275 g/mol. The molecule has 2 N–H and O–H groups in total. The number of nitrogen functional groups attached to an aromatic ring is 1. The summed E-state index contributed by atoms with van der Waals surface area (Å²) in [6.45, 7) is 0.533. The quantitative estimate of drug-likeness (QED) is 0.655. The molecule has 2 aliphatic heterocycles. The van der Waals surface area contributed by atoms with E-state index in [0.29, 0.717) is 6.54 Å². The first-order chi connectivity index (χ1) is 9.19. The SMILES string of the molecule is COC(=O)C1CN2C=C(c3ccccc3N)SC2=N1. The molecule has 0 spiro atoms. The first-order valence-corrected chi connectivity index (χ1v) is 6.67. The Balaban J connectivity index is 1.81. The zero-order valence-corrected chi connectivity index (χ0v) is 11.2. The Bertz CT molecular complexity index is 597. The summed E-state index contributed by atoms with van der Waals surface area (Å²) in [5.74, 6) is -0.295. The fourth-order valence-corrected chi connectivity index (χ4v) is 3.18. The van der Waals surface area contributed by atoms with Crippen molar-refractivity contribution in [1.29, 1.82) is 0 Å². The topological polar surface area (TPSA) is 67.9 Å². The molecule has 0 saturated heterocycles. The lowest BCUT2D eigenvalue weighted by Gasteiger charge is -2.08. The number of benzene rings is 1. The third-order valence-electron chi connectivity index (χ3n) is 3.06. The van der Waals surface area contributed by atoms with Crippen molar-refractivity contribution in [3.63, 3.8) is 0 Å². The van der Waals surface area contributed by atoms with Gasteiger partial charge in [0.1, 0.15) is 0 Å². The highest BCUT2D eigenvalue weighted by Crippen LogP contribution is 2.40. The first-order valence-electron chi connectivity index (χ1n) is 5.86. The second kappa shape index (κ2) is 4.62. The molecule has 0 aliphatic carbocycles. The minimum Gasteiger partial charge on any atom is -0.467 e. The first kappa shape index (κ1) is 12.1. The predicted molar refractivity (Wildman–Crippen MR) is 76.4 cm³/mol. The van der Waals surface area contributed by atoms with Crippen LogP contribution in [0.15, 0.2) is 35.5 Å². The van der Waals surface area contributed by atoms with Crippen molar-refractivity contribution < 1.29 is 9.53 Å². The van der Waals surface area contributed by atoms with Crippen LogP contribution in [0.25, 0.3) is 4.91 Å². The highest BCUT2D eigenvalue weighted by Gasteiger charge is 2.34. The van der Waals surface area contributed by atoms with Gasteiger partial charge in [-0.3, -0.25) is 0 Å². The van der Waals surface area contributed by atoms with Crippen molar-refractivity contribution in [2.45, 2.75) is 6.04 Å². The van der Waals surface area contributed by atoms with Gasteiger partial charge in [0.25, 0.3) is 0 Å². The molecule has 0 aromatic heterocycles. The van der Waals surface area contributed by atoms with Crippen molar-refractivity contribution in [1.82, 2.24) is 4.90 Å². The fraction of sp³-hybridized carbons (Fsp3) is 0.231. The Hall–Kier alpha value is -1.95. The number of ether oxygens (including phenoxy) is 1. The number of rotatable bonds is 2.